The van der Waals surface area contributed by atoms with Crippen LogP contribution in [0.2, 0.25) is 0 Å². The Morgan fingerprint density at radius 1 is 1.11 bits per heavy atom. The fourth-order valence-electron chi connectivity index (χ4n) is 2.07. The topological polar surface area (TPSA) is 29.9 Å². The van der Waals surface area contributed by atoms with E-state index in [-0.39, 0.29) is 0 Å². The summed E-state index contributed by atoms with van der Waals surface area (Å²) in [4.78, 5) is 0. The second-order valence-corrected chi connectivity index (χ2v) is 5.51. The summed E-state index contributed by atoms with van der Waals surface area (Å²) in [6.07, 6.45) is 6.21. The molecular formula is C16H23N3. The molecule has 0 fully saturated rings. The first kappa shape index (κ1) is 13.7. The largest absolute Gasteiger partial charge is 0.383 e. The van der Waals surface area contributed by atoms with Crippen molar-refractivity contribution in [2.24, 2.45) is 5.92 Å². The number of anilines is 1. The molecule has 19 heavy (non-hydrogen) atoms. The highest BCUT2D eigenvalue weighted by atomic mass is 15.3. The van der Waals surface area contributed by atoms with Crippen molar-refractivity contribution in [2.45, 2.75) is 39.7 Å². The first-order valence-corrected chi connectivity index (χ1v) is 7.02. The summed E-state index contributed by atoms with van der Waals surface area (Å²) >= 11 is 0. The number of hydrogen-bond acceptors (Lipinski definition) is 2. The molecule has 1 unspecified atom stereocenters. The summed E-state index contributed by atoms with van der Waals surface area (Å²) in [5.41, 5.74) is 2.26. The summed E-state index contributed by atoms with van der Waals surface area (Å²) < 4.78 is 1.87. The molecule has 0 spiro atoms. The predicted molar refractivity (Wildman–Crippen MR) is 80.7 cm³/mol. The van der Waals surface area contributed by atoms with Crippen LogP contribution in [0.15, 0.2) is 42.7 Å². The van der Waals surface area contributed by atoms with Crippen LogP contribution in [0.25, 0.3) is 5.69 Å². The Bertz CT molecular complexity index is 471. The Morgan fingerprint density at radius 3 is 2.42 bits per heavy atom. The molecule has 3 nitrogen and oxygen atoms in total. The van der Waals surface area contributed by atoms with Crippen molar-refractivity contribution in [1.82, 2.24) is 9.78 Å². The van der Waals surface area contributed by atoms with Crippen LogP contribution in [-0.2, 0) is 0 Å². The summed E-state index contributed by atoms with van der Waals surface area (Å²) in [5.74, 6) is 0.770. The second kappa shape index (κ2) is 6.41. The van der Waals surface area contributed by atoms with E-state index in [1.807, 2.05) is 16.9 Å². The number of rotatable bonds is 6. The van der Waals surface area contributed by atoms with Crippen LogP contribution in [0.1, 0.15) is 33.6 Å². The van der Waals surface area contributed by atoms with Gasteiger partial charge in [0.2, 0.25) is 0 Å². The zero-order valence-corrected chi connectivity index (χ0v) is 12.0. The quantitative estimate of drug-likeness (QED) is 0.844. The molecule has 1 N–H and O–H groups in total. The maximum absolute atomic E-state index is 4.22. The van der Waals surface area contributed by atoms with Gasteiger partial charge >= 0.3 is 0 Å². The zero-order valence-electron chi connectivity index (χ0n) is 12.0. The molecule has 0 aliphatic rings. The molecule has 2 aromatic rings. The van der Waals surface area contributed by atoms with E-state index in [0.717, 1.165) is 11.6 Å². The molecule has 0 saturated heterocycles. The Hall–Kier alpha value is -1.77. The summed E-state index contributed by atoms with van der Waals surface area (Å²) in [5, 5.41) is 7.76. The van der Waals surface area contributed by atoms with Crippen LogP contribution in [0.4, 0.5) is 5.69 Å². The van der Waals surface area contributed by atoms with Gasteiger partial charge in [-0.2, -0.15) is 5.10 Å². The Labute approximate surface area is 115 Å². The summed E-state index contributed by atoms with van der Waals surface area (Å²) in [6, 6.07) is 10.8. The maximum Gasteiger partial charge on any atom is 0.0647 e. The monoisotopic (exact) mass is 257 g/mol. The lowest BCUT2D eigenvalue weighted by Crippen LogP contribution is -2.15. The molecule has 2 rings (SSSR count). The van der Waals surface area contributed by atoms with Crippen molar-refractivity contribution in [1.29, 1.82) is 0 Å². The van der Waals surface area contributed by atoms with Crippen LogP contribution in [0.3, 0.4) is 0 Å². The molecule has 1 aromatic heterocycles. The minimum absolute atomic E-state index is 0.512. The molecule has 0 aliphatic heterocycles. The summed E-state index contributed by atoms with van der Waals surface area (Å²) in [6.45, 7) is 6.78. The molecule has 1 aromatic carbocycles. The molecule has 0 amide bonds. The van der Waals surface area contributed by atoms with Crippen LogP contribution in [0.5, 0.6) is 0 Å². The van der Waals surface area contributed by atoms with Gasteiger partial charge in [-0.15, -0.1) is 0 Å². The minimum atomic E-state index is 0.512. The fraction of sp³-hybridized carbons (Fsp3) is 0.438. The second-order valence-electron chi connectivity index (χ2n) is 5.51. The SMILES string of the molecule is CC(C)CCC(C)Nc1ccc(-n2cccn2)cc1. The van der Waals surface area contributed by atoms with Crippen LogP contribution in [-0.4, -0.2) is 15.8 Å². The maximum atomic E-state index is 4.22. The zero-order chi connectivity index (χ0) is 13.7. The predicted octanol–water partition coefficient (Wildman–Crippen LogP) is 4.11. The van der Waals surface area contributed by atoms with E-state index in [2.05, 4.69) is 55.5 Å². The van der Waals surface area contributed by atoms with Gasteiger partial charge in [-0.1, -0.05) is 13.8 Å². The molecule has 3 heteroatoms. The molecule has 102 valence electrons. The third kappa shape index (κ3) is 4.12. The number of aromatic nitrogens is 2. The van der Waals surface area contributed by atoms with Crippen molar-refractivity contribution in [3.8, 4) is 5.69 Å². The van der Waals surface area contributed by atoms with Crippen molar-refractivity contribution >= 4 is 5.69 Å². The van der Waals surface area contributed by atoms with Gasteiger partial charge < -0.3 is 5.32 Å². The van der Waals surface area contributed by atoms with Gasteiger partial charge in [-0.05, 0) is 56.0 Å². The van der Waals surface area contributed by atoms with Gasteiger partial charge in [0.25, 0.3) is 0 Å². The lowest BCUT2D eigenvalue weighted by atomic mass is 10.0. The Morgan fingerprint density at radius 2 is 1.84 bits per heavy atom. The van der Waals surface area contributed by atoms with Crippen LogP contribution < -0.4 is 5.32 Å². The molecule has 0 saturated carbocycles. The number of nitrogens with zero attached hydrogens (tertiary/aromatic N) is 2. The van der Waals surface area contributed by atoms with Gasteiger partial charge in [-0.3, -0.25) is 0 Å². The normalized spacial score (nSPS) is 12.6. The lowest BCUT2D eigenvalue weighted by molar-refractivity contribution is 0.528. The highest BCUT2D eigenvalue weighted by molar-refractivity contribution is 5.48. The molecule has 0 bridgehead atoms. The highest BCUT2D eigenvalue weighted by Gasteiger charge is 2.04. The van der Waals surface area contributed by atoms with Gasteiger partial charge in [0, 0.05) is 24.1 Å². The Balaban J connectivity index is 1.92. The molecule has 1 atom stereocenters. The Kier molecular flexibility index (Phi) is 4.61. The van der Waals surface area contributed by atoms with E-state index < -0.39 is 0 Å². The van der Waals surface area contributed by atoms with E-state index in [9.17, 15) is 0 Å². The summed E-state index contributed by atoms with van der Waals surface area (Å²) in [7, 11) is 0. The number of benzene rings is 1. The third-order valence-corrected chi connectivity index (χ3v) is 3.23. The number of nitrogens with one attached hydrogen (secondary N) is 1. The van der Waals surface area contributed by atoms with E-state index in [0.29, 0.717) is 6.04 Å². The van der Waals surface area contributed by atoms with E-state index >= 15 is 0 Å². The van der Waals surface area contributed by atoms with Gasteiger partial charge in [-0.25, -0.2) is 4.68 Å². The van der Waals surface area contributed by atoms with Crippen molar-refractivity contribution in [3.05, 3.63) is 42.7 Å². The highest BCUT2D eigenvalue weighted by Crippen LogP contribution is 2.15. The standard InChI is InChI=1S/C16H23N3/c1-13(2)5-6-14(3)18-15-7-9-16(10-8-15)19-12-4-11-17-19/h4,7-14,18H,5-6H2,1-3H3. The van der Waals surface area contributed by atoms with Crippen LogP contribution >= 0.6 is 0 Å². The first-order chi connectivity index (χ1) is 9.15. The lowest BCUT2D eigenvalue weighted by Gasteiger charge is -2.16. The minimum Gasteiger partial charge on any atom is -0.383 e. The van der Waals surface area contributed by atoms with Gasteiger partial charge in [0.05, 0.1) is 5.69 Å². The van der Waals surface area contributed by atoms with Crippen molar-refractivity contribution < 1.29 is 0 Å². The fourth-order valence-corrected chi connectivity index (χ4v) is 2.07. The van der Waals surface area contributed by atoms with Crippen molar-refractivity contribution in [2.75, 3.05) is 5.32 Å². The van der Waals surface area contributed by atoms with E-state index in [4.69, 9.17) is 0 Å². The van der Waals surface area contributed by atoms with Gasteiger partial charge in [0.15, 0.2) is 0 Å². The molecule has 0 aliphatic carbocycles. The van der Waals surface area contributed by atoms with Crippen molar-refractivity contribution in [3.63, 3.8) is 0 Å². The average Bonchev–Trinajstić information content (AvgIpc) is 2.91. The molecular weight excluding hydrogens is 234 g/mol. The third-order valence-electron chi connectivity index (χ3n) is 3.23. The molecule has 1 heterocycles. The average molecular weight is 257 g/mol. The first-order valence-electron chi connectivity index (χ1n) is 7.02. The van der Waals surface area contributed by atoms with E-state index in [1.54, 1.807) is 6.20 Å². The van der Waals surface area contributed by atoms with E-state index in [1.165, 1.54) is 18.5 Å². The number of hydrogen-bond donors (Lipinski definition) is 1. The smallest absolute Gasteiger partial charge is 0.0647 e. The molecule has 0 radical (unpaired) electrons. The van der Waals surface area contributed by atoms with Crippen LogP contribution in [0, 0.1) is 5.92 Å². The van der Waals surface area contributed by atoms with Gasteiger partial charge in [0.1, 0.15) is 0 Å².